The summed E-state index contributed by atoms with van der Waals surface area (Å²) in [6.07, 6.45) is 1.63. The number of urea groups is 1. The molecule has 7 nitrogen and oxygen atoms in total. The van der Waals surface area contributed by atoms with E-state index in [4.69, 9.17) is 10.00 Å². The Bertz CT molecular complexity index is 1150. The molecule has 2 fully saturated rings. The molecule has 2 aliphatic heterocycles. The molecule has 1 N–H and O–H groups in total. The first kappa shape index (κ1) is 24.6. The monoisotopic (exact) mass is 483 g/mol. The van der Waals surface area contributed by atoms with E-state index >= 15 is 0 Å². The predicted octanol–water partition coefficient (Wildman–Crippen LogP) is 4.40. The fourth-order valence-electron chi connectivity index (χ4n) is 4.97. The van der Waals surface area contributed by atoms with Gasteiger partial charge in [0.15, 0.2) is 0 Å². The summed E-state index contributed by atoms with van der Waals surface area (Å²) in [5, 5.41) is 12.1. The van der Waals surface area contributed by atoms with Crippen molar-refractivity contribution in [3.05, 3.63) is 64.2 Å². The van der Waals surface area contributed by atoms with Crippen LogP contribution in [-0.4, -0.2) is 42.7 Å². The zero-order chi connectivity index (χ0) is 25.2. The SMILES string of the molecule is Cc1c(Cc2ccc(C#N)cc2OC(F)F)cccc1[C@]1(C)CC(=O)N(C2CCOCC2)C(=O)N1. The molecule has 2 saturated heterocycles. The van der Waals surface area contributed by atoms with Crippen LogP contribution in [0.4, 0.5) is 13.6 Å². The number of rotatable bonds is 6. The van der Waals surface area contributed by atoms with Crippen molar-refractivity contribution in [1.82, 2.24) is 10.2 Å². The van der Waals surface area contributed by atoms with Crippen molar-refractivity contribution in [2.24, 2.45) is 0 Å². The van der Waals surface area contributed by atoms with Crippen LogP contribution in [-0.2, 0) is 21.5 Å². The number of ether oxygens (including phenoxy) is 2. The minimum absolute atomic E-state index is 0.0525. The first-order chi connectivity index (χ1) is 16.7. The Hall–Kier alpha value is -3.51. The quantitative estimate of drug-likeness (QED) is 0.658. The number of benzene rings is 2. The topological polar surface area (TPSA) is 91.7 Å². The molecule has 9 heteroatoms. The molecule has 0 bridgehead atoms. The van der Waals surface area contributed by atoms with Gasteiger partial charge < -0.3 is 14.8 Å². The number of alkyl halides is 2. The number of imide groups is 1. The second-order valence-electron chi connectivity index (χ2n) is 9.13. The summed E-state index contributed by atoms with van der Waals surface area (Å²) in [6, 6.07) is 11.4. The lowest BCUT2D eigenvalue weighted by molar-refractivity contribution is -0.135. The highest BCUT2D eigenvalue weighted by molar-refractivity contribution is 5.98. The highest BCUT2D eigenvalue weighted by atomic mass is 19.3. The molecule has 3 amide bonds. The third-order valence-electron chi connectivity index (χ3n) is 6.76. The van der Waals surface area contributed by atoms with Gasteiger partial charge in [0.2, 0.25) is 5.91 Å². The molecule has 0 spiro atoms. The van der Waals surface area contributed by atoms with E-state index in [1.54, 1.807) is 12.1 Å². The van der Waals surface area contributed by atoms with Gasteiger partial charge in [-0.3, -0.25) is 9.69 Å². The number of carbonyl (C=O) groups excluding carboxylic acids is 2. The summed E-state index contributed by atoms with van der Waals surface area (Å²) in [4.78, 5) is 27.5. The first-order valence-corrected chi connectivity index (χ1v) is 11.5. The first-order valence-electron chi connectivity index (χ1n) is 11.5. The van der Waals surface area contributed by atoms with Gasteiger partial charge in [-0.25, -0.2) is 4.79 Å². The molecule has 2 aliphatic rings. The number of nitriles is 1. The maximum atomic E-state index is 13.1. The van der Waals surface area contributed by atoms with Crippen LogP contribution in [0.5, 0.6) is 5.75 Å². The van der Waals surface area contributed by atoms with Gasteiger partial charge in [0.1, 0.15) is 5.75 Å². The Morgan fingerprint density at radius 3 is 2.63 bits per heavy atom. The van der Waals surface area contributed by atoms with Gasteiger partial charge in [0, 0.05) is 25.7 Å². The summed E-state index contributed by atoms with van der Waals surface area (Å²) in [7, 11) is 0. The van der Waals surface area contributed by atoms with Crippen molar-refractivity contribution in [2.45, 2.75) is 57.7 Å². The number of amides is 3. The van der Waals surface area contributed by atoms with Gasteiger partial charge >= 0.3 is 12.6 Å². The largest absolute Gasteiger partial charge is 0.434 e. The molecule has 2 aromatic carbocycles. The highest BCUT2D eigenvalue weighted by Gasteiger charge is 2.44. The van der Waals surface area contributed by atoms with Gasteiger partial charge in [-0.15, -0.1) is 0 Å². The third-order valence-corrected chi connectivity index (χ3v) is 6.76. The minimum atomic E-state index is -3.02. The Kier molecular flexibility index (Phi) is 7.03. The van der Waals surface area contributed by atoms with Crippen LogP contribution in [0, 0.1) is 18.3 Å². The maximum Gasteiger partial charge on any atom is 0.387 e. The summed E-state index contributed by atoms with van der Waals surface area (Å²) in [5.41, 5.74) is 2.27. The number of halogens is 2. The van der Waals surface area contributed by atoms with Crippen LogP contribution >= 0.6 is 0 Å². The average Bonchev–Trinajstić information content (AvgIpc) is 2.81. The van der Waals surface area contributed by atoms with Gasteiger partial charge in [-0.2, -0.15) is 14.0 Å². The van der Waals surface area contributed by atoms with Crippen LogP contribution in [0.1, 0.15) is 54.0 Å². The van der Waals surface area contributed by atoms with Crippen molar-refractivity contribution in [3.63, 3.8) is 0 Å². The van der Waals surface area contributed by atoms with Gasteiger partial charge in [0.05, 0.1) is 23.6 Å². The van der Waals surface area contributed by atoms with Crippen LogP contribution in [0.2, 0.25) is 0 Å². The lowest BCUT2D eigenvalue weighted by Gasteiger charge is -2.43. The molecule has 0 radical (unpaired) electrons. The van der Waals surface area contributed by atoms with Crippen LogP contribution < -0.4 is 10.1 Å². The molecule has 35 heavy (non-hydrogen) atoms. The molecule has 0 aliphatic carbocycles. The standard InChI is InChI=1S/C26H27F2N3O4/c1-16-18(13-19-7-6-17(15-29)12-22(19)35-24(27)28)4-3-5-21(16)26(2)14-23(32)31(25(33)30-26)20-8-10-34-11-9-20/h3-7,12,20,24H,8-11,13-14H2,1-2H3,(H,30,33)/t26-/m0/s1. The predicted molar refractivity (Wildman–Crippen MR) is 123 cm³/mol. The maximum absolute atomic E-state index is 13.1. The van der Waals surface area contributed by atoms with Gasteiger partial charge in [-0.1, -0.05) is 24.3 Å². The van der Waals surface area contributed by atoms with Gasteiger partial charge in [0.25, 0.3) is 0 Å². The summed E-state index contributed by atoms with van der Waals surface area (Å²) in [6.45, 7) is 1.73. The number of carbonyl (C=O) groups is 2. The Labute approximate surface area is 202 Å². The molecule has 0 saturated carbocycles. The van der Waals surface area contributed by atoms with Crippen molar-refractivity contribution < 1.29 is 27.8 Å². The summed E-state index contributed by atoms with van der Waals surface area (Å²) < 4.78 is 35.9. The third kappa shape index (κ3) is 5.13. The molecule has 1 atom stereocenters. The van der Waals surface area contributed by atoms with E-state index < -0.39 is 18.2 Å². The molecule has 184 valence electrons. The Balaban J connectivity index is 1.61. The minimum Gasteiger partial charge on any atom is -0.434 e. The fourth-order valence-corrected chi connectivity index (χ4v) is 4.97. The fraction of sp³-hybridized carbons (Fsp3) is 0.423. The molecule has 0 unspecified atom stereocenters. The Morgan fingerprint density at radius 2 is 1.97 bits per heavy atom. The number of nitrogens with zero attached hydrogens (tertiary/aromatic N) is 2. The lowest BCUT2D eigenvalue weighted by Crippen LogP contribution is -2.62. The van der Waals surface area contributed by atoms with E-state index in [1.807, 2.05) is 38.1 Å². The van der Waals surface area contributed by atoms with Crippen molar-refractivity contribution >= 4 is 11.9 Å². The second kappa shape index (κ2) is 10.0. The van der Waals surface area contributed by atoms with E-state index in [9.17, 15) is 18.4 Å². The number of nitrogens with one attached hydrogen (secondary N) is 1. The molecule has 2 aromatic rings. The zero-order valence-electron chi connectivity index (χ0n) is 19.6. The summed E-state index contributed by atoms with van der Waals surface area (Å²) in [5.74, 6) is -0.281. The smallest absolute Gasteiger partial charge is 0.387 e. The highest BCUT2D eigenvalue weighted by Crippen LogP contribution is 2.35. The number of hydrogen-bond donors (Lipinski definition) is 1. The van der Waals surface area contributed by atoms with E-state index in [2.05, 4.69) is 10.1 Å². The van der Waals surface area contributed by atoms with Crippen LogP contribution in [0.25, 0.3) is 0 Å². The molecule has 2 heterocycles. The summed E-state index contributed by atoms with van der Waals surface area (Å²) >= 11 is 0. The molecular formula is C26H27F2N3O4. The normalized spacial score (nSPS) is 21.1. The van der Waals surface area contributed by atoms with E-state index in [0.29, 0.717) is 31.6 Å². The Morgan fingerprint density at radius 1 is 1.23 bits per heavy atom. The molecule has 0 aromatic heterocycles. The lowest BCUT2D eigenvalue weighted by atomic mass is 9.81. The van der Waals surface area contributed by atoms with E-state index in [0.717, 1.165) is 16.7 Å². The van der Waals surface area contributed by atoms with Crippen molar-refractivity contribution in [2.75, 3.05) is 13.2 Å². The van der Waals surface area contributed by atoms with E-state index in [1.165, 1.54) is 11.0 Å². The average molecular weight is 484 g/mol. The van der Waals surface area contributed by atoms with Crippen LogP contribution in [0.15, 0.2) is 36.4 Å². The van der Waals surface area contributed by atoms with E-state index in [-0.39, 0.29) is 36.1 Å². The molecule has 4 rings (SSSR count). The second-order valence-corrected chi connectivity index (χ2v) is 9.13. The number of hydrogen-bond acceptors (Lipinski definition) is 5. The van der Waals surface area contributed by atoms with Crippen molar-refractivity contribution in [1.29, 1.82) is 5.26 Å². The molecular weight excluding hydrogens is 456 g/mol. The zero-order valence-corrected chi connectivity index (χ0v) is 19.6. The van der Waals surface area contributed by atoms with Crippen molar-refractivity contribution in [3.8, 4) is 11.8 Å². The van der Waals surface area contributed by atoms with Gasteiger partial charge in [-0.05, 0) is 61.1 Å². The van der Waals surface area contributed by atoms with Crippen LogP contribution in [0.3, 0.4) is 0 Å².